The van der Waals surface area contributed by atoms with E-state index in [0.29, 0.717) is 12.5 Å². The molecule has 0 radical (unpaired) electrons. The molecule has 4 rings (SSSR count). The number of anilines is 1. The lowest BCUT2D eigenvalue weighted by atomic mass is 9.76. The molecule has 6 nitrogen and oxygen atoms in total. The van der Waals surface area contributed by atoms with Crippen LogP contribution in [0.5, 0.6) is 0 Å². The van der Waals surface area contributed by atoms with Gasteiger partial charge in [-0.2, -0.15) is 0 Å². The van der Waals surface area contributed by atoms with E-state index in [1.54, 1.807) is 11.0 Å². The van der Waals surface area contributed by atoms with Crippen molar-refractivity contribution < 1.29 is 19.7 Å². The predicted octanol–water partition coefficient (Wildman–Crippen LogP) is 0.637. The molecule has 3 heterocycles. The van der Waals surface area contributed by atoms with Crippen molar-refractivity contribution in [1.82, 2.24) is 4.90 Å². The molecule has 3 amide bonds. The van der Waals surface area contributed by atoms with Crippen LogP contribution in [0.15, 0.2) is 36.9 Å². The molecule has 27 heavy (non-hydrogen) atoms. The molecule has 142 valence electrons. The monoisotopic (exact) mass is 368 g/mol. The SMILES string of the molecule is C=CCN1C(=O)[C@]2([NH2+][C@@H](CC(C)C)[C@H]3C(=O)N(C)C(=O)[C@H]32)c2ccccc21. The molecule has 0 unspecified atom stereocenters. The standard InChI is InChI=1S/C21H25N3O3/c1-5-10-24-15-9-7-6-8-13(15)21(20(24)27)17-16(14(22-21)11-12(2)3)18(25)23(4)19(17)26/h5-9,12,14,16-17,22H,1,10-11H2,2-4H3/p+1/t14-,16+,17-,21-/m0/s1. The second kappa shape index (κ2) is 6.02. The van der Waals surface area contributed by atoms with Gasteiger partial charge in [0.05, 0.1) is 5.69 Å². The summed E-state index contributed by atoms with van der Waals surface area (Å²) in [6.07, 6.45) is 2.48. The Hall–Kier alpha value is -2.47. The fraction of sp³-hybridized carbons (Fsp3) is 0.476. The largest absolute Gasteiger partial charge is 0.326 e. The van der Waals surface area contributed by atoms with E-state index in [-0.39, 0.29) is 23.8 Å². The predicted molar refractivity (Wildman–Crippen MR) is 101 cm³/mol. The number of nitrogens with two attached hydrogens (primary N) is 1. The lowest BCUT2D eigenvalue weighted by Crippen LogP contribution is -2.99. The zero-order valence-corrected chi connectivity index (χ0v) is 16.0. The quantitative estimate of drug-likeness (QED) is 0.626. The van der Waals surface area contributed by atoms with Gasteiger partial charge >= 0.3 is 0 Å². The van der Waals surface area contributed by atoms with Crippen LogP contribution >= 0.6 is 0 Å². The lowest BCUT2D eigenvalue weighted by Gasteiger charge is -2.26. The van der Waals surface area contributed by atoms with Crippen molar-refractivity contribution in [2.45, 2.75) is 31.8 Å². The Balaban J connectivity index is 1.91. The first-order valence-corrected chi connectivity index (χ1v) is 9.54. The van der Waals surface area contributed by atoms with Gasteiger partial charge in [-0.15, -0.1) is 6.58 Å². The van der Waals surface area contributed by atoms with Crippen molar-refractivity contribution in [2.75, 3.05) is 18.5 Å². The van der Waals surface area contributed by atoms with Gasteiger partial charge in [0.25, 0.3) is 5.91 Å². The number of nitrogens with zero attached hydrogens (tertiary/aromatic N) is 2. The smallest absolute Gasteiger partial charge is 0.294 e. The minimum absolute atomic E-state index is 0.0860. The van der Waals surface area contributed by atoms with Gasteiger partial charge in [0, 0.05) is 25.6 Å². The number of hydrogen-bond acceptors (Lipinski definition) is 3. The van der Waals surface area contributed by atoms with Crippen LogP contribution in [0.3, 0.4) is 0 Å². The van der Waals surface area contributed by atoms with Crippen molar-refractivity contribution in [1.29, 1.82) is 0 Å². The Bertz CT molecular complexity index is 849. The highest BCUT2D eigenvalue weighted by Crippen LogP contribution is 2.51. The van der Waals surface area contributed by atoms with Crippen LogP contribution < -0.4 is 10.2 Å². The summed E-state index contributed by atoms with van der Waals surface area (Å²) in [6, 6.07) is 7.55. The van der Waals surface area contributed by atoms with E-state index in [2.05, 4.69) is 20.4 Å². The van der Waals surface area contributed by atoms with E-state index >= 15 is 0 Å². The number of carbonyl (C=O) groups excluding carboxylic acids is 3. The van der Waals surface area contributed by atoms with Gasteiger partial charge in [0.2, 0.25) is 17.4 Å². The van der Waals surface area contributed by atoms with Crippen LogP contribution in [0.1, 0.15) is 25.8 Å². The molecular formula is C21H26N3O3+. The average Bonchev–Trinajstić information content (AvgIpc) is 3.17. The molecular weight excluding hydrogens is 342 g/mol. The normalized spacial score (nSPS) is 32.0. The first-order valence-electron chi connectivity index (χ1n) is 9.54. The van der Waals surface area contributed by atoms with Crippen LogP contribution in [0.2, 0.25) is 0 Å². The minimum Gasteiger partial charge on any atom is -0.326 e. The summed E-state index contributed by atoms with van der Waals surface area (Å²) < 4.78 is 0. The lowest BCUT2D eigenvalue weighted by molar-refractivity contribution is -0.734. The van der Waals surface area contributed by atoms with Crippen LogP contribution in [0.25, 0.3) is 0 Å². The van der Waals surface area contributed by atoms with Gasteiger partial charge in [0.1, 0.15) is 17.9 Å². The molecule has 4 atom stereocenters. The number of quaternary nitrogens is 1. The molecule has 2 saturated heterocycles. The fourth-order valence-corrected chi connectivity index (χ4v) is 5.33. The third kappa shape index (κ3) is 2.19. The van der Waals surface area contributed by atoms with E-state index in [0.717, 1.165) is 17.7 Å². The zero-order chi connectivity index (χ0) is 19.5. The van der Waals surface area contributed by atoms with Crippen molar-refractivity contribution in [3.8, 4) is 0 Å². The number of hydrogen-bond donors (Lipinski definition) is 1. The molecule has 1 aromatic rings. The summed E-state index contributed by atoms with van der Waals surface area (Å²) in [5, 5.41) is 2.02. The maximum Gasteiger partial charge on any atom is 0.294 e. The molecule has 0 aliphatic carbocycles. The second-order valence-electron chi connectivity index (χ2n) is 8.29. The highest BCUT2D eigenvalue weighted by molar-refractivity contribution is 6.14. The number of benzene rings is 1. The van der Waals surface area contributed by atoms with Gasteiger partial charge in [-0.3, -0.25) is 19.3 Å². The molecule has 6 heteroatoms. The van der Waals surface area contributed by atoms with Crippen molar-refractivity contribution in [2.24, 2.45) is 17.8 Å². The number of rotatable bonds is 4. The highest BCUT2D eigenvalue weighted by atomic mass is 16.2. The van der Waals surface area contributed by atoms with Gasteiger partial charge in [-0.25, -0.2) is 0 Å². The average molecular weight is 368 g/mol. The summed E-state index contributed by atoms with van der Waals surface area (Å²) in [7, 11) is 1.54. The number of amides is 3. The third-order valence-electron chi connectivity index (χ3n) is 6.30. The minimum atomic E-state index is -1.05. The van der Waals surface area contributed by atoms with E-state index in [4.69, 9.17) is 0 Å². The van der Waals surface area contributed by atoms with Crippen molar-refractivity contribution >= 4 is 23.4 Å². The van der Waals surface area contributed by atoms with E-state index in [1.807, 2.05) is 29.6 Å². The maximum absolute atomic E-state index is 13.7. The Kier molecular flexibility index (Phi) is 4.00. The molecule has 1 aromatic carbocycles. The Morgan fingerprint density at radius 1 is 1.22 bits per heavy atom. The van der Waals surface area contributed by atoms with E-state index in [1.165, 1.54) is 11.9 Å². The molecule has 0 bridgehead atoms. The maximum atomic E-state index is 13.7. The van der Waals surface area contributed by atoms with Crippen LogP contribution in [-0.2, 0) is 19.9 Å². The summed E-state index contributed by atoms with van der Waals surface area (Å²) in [6.45, 7) is 8.37. The number of carbonyl (C=O) groups is 3. The highest BCUT2D eigenvalue weighted by Gasteiger charge is 2.74. The number of fused-ring (bicyclic) bond motifs is 4. The summed E-state index contributed by atoms with van der Waals surface area (Å²) >= 11 is 0. The van der Waals surface area contributed by atoms with E-state index < -0.39 is 17.4 Å². The van der Waals surface area contributed by atoms with Gasteiger partial charge in [-0.05, 0) is 12.0 Å². The Morgan fingerprint density at radius 3 is 2.59 bits per heavy atom. The molecule has 3 aliphatic heterocycles. The third-order valence-corrected chi connectivity index (χ3v) is 6.30. The van der Waals surface area contributed by atoms with Gasteiger partial charge in [0.15, 0.2) is 0 Å². The number of likely N-dealkylation sites (tertiary alicyclic amines) is 1. The van der Waals surface area contributed by atoms with Gasteiger partial charge < -0.3 is 10.2 Å². The Morgan fingerprint density at radius 2 is 1.93 bits per heavy atom. The fourth-order valence-electron chi connectivity index (χ4n) is 5.33. The first-order chi connectivity index (χ1) is 12.8. The van der Waals surface area contributed by atoms with Crippen LogP contribution in [-0.4, -0.2) is 42.3 Å². The van der Waals surface area contributed by atoms with Gasteiger partial charge in [-0.1, -0.05) is 38.1 Å². The van der Waals surface area contributed by atoms with E-state index in [9.17, 15) is 14.4 Å². The summed E-state index contributed by atoms with van der Waals surface area (Å²) in [4.78, 5) is 42.6. The Labute approximate surface area is 159 Å². The molecule has 2 fully saturated rings. The zero-order valence-electron chi connectivity index (χ0n) is 16.0. The number of imide groups is 1. The molecule has 1 spiro atoms. The number of para-hydroxylation sites is 1. The summed E-state index contributed by atoms with van der Waals surface area (Å²) in [5.74, 6) is -1.24. The molecule has 0 aromatic heterocycles. The molecule has 3 aliphatic rings. The molecule has 2 N–H and O–H groups in total. The summed E-state index contributed by atoms with van der Waals surface area (Å²) in [5.41, 5.74) is 0.605. The van der Waals surface area contributed by atoms with Crippen LogP contribution in [0.4, 0.5) is 5.69 Å². The van der Waals surface area contributed by atoms with Crippen LogP contribution in [0, 0.1) is 17.8 Å². The molecule has 0 saturated carbocycles. The second-order valence-corrected chi connectivity index (χ2v) is 8.29. The first kappa shape index (κ1) is 17.9. The topological polar surface area (TPSA) is 74.3 Å². The van der Waals surface area contributed by atoms with Crippen molar-refractivity contribution in [3.05, 3.63) is 42.5 Å². The van der Waals surface area contributed by atoms with Crippen molar-refractivity contribution in [3.63, 3.8) is 0 Å².